The summed E-state index contributed by atoms with van der Waals surface area (Å²) in [6.45, 7) is 9.03. The first-order valence-corrected chi connectivity index (χ1v) is 5.76. The summed E-state index contributed by atoms with van der Waals surface area (Å²) in [6.07, 6.45) is 7.79. The summed E-state index contributed by atoms with van der Waals surface area (Å²) in [4.78, 5) is 10.6. The molecule has 0 fully saturated rings. The Balaban J connectivity index is 4.29. The zero-order chi connectivity index (χ0) is 11.7. The van der Waals surface area contributed by atoms with E-state index >= 15 is 0 Å². The van der Waals surface area contributed by atoms with Crippen LogP contribution in [0.5, 0.6) is 0 Å². The molecule has 0 radical (unpaired) electrons. The van der Waals surface area contributed by atoms with Crippen molar-refractivity contribution in [3.05, 3.63) is 12.2 Å². The maximum atomic E-state index is 10.6. The van der Waals surface area contributed by atoms with Crippen LogP contribution in [-0.4, -0.2) is 19.0 Å². The van der Waals surface area contributed by atoms with Crippen LogP contribution in [0.25, 0.3) is 0 Å². The van der Waals surface area contributed by atoms with Gasteiger partial charge >= 0.3 is 0 Å². The molecule has 0 aromatic carbocycles. The molecule has 0 bridgehead atoms. The monoisotopic (exact) mass is 212 g/mol. The molecule has 0 aliphatic rings. The number of aldehydes is 1. The smallest absolute Gasteiger partial charge is 0.120 e. The Morgan fingerprint density at radius 2 is 2.07 bits per heavy atom. The van der Waals surface area contributed by atoms with E-state index in [0.717, 1.165) is 25.7 Å². The normalized spacial score (nSPS) is 14.4. The van der Waals surface area contributed by atoms with E-state index in [9.17, 15) is 4.79 Å². The van der Waals surface area contributed by atoms with Gasteiger partial charge in [0.15, 0.2) is 0 Å². The molecule has 0 spiro atoms. The van der Waals surface area contributed by atoms with Gasteiger partial charge in [0.1, 0.15) is 6.29 Å². The van der Waals surface area contributed by atoms with E-state index in [4.69, 9.17) is 4.74 Å². The quantitative estimate of drug-likeness (QED) is 0.350. The summed E-state index contributed by atoms with van der Waals surface area (Å²) in [5.41, 5.74) is -0.109. The first kappa shape index (κ1) is 14.4. The second-order valence-corrected chi connectivity index (χ2v) is 4.53. The fourth-order valence-corrected chi connectivity index (χ4v) is 1.40. The van der Waals surface area contributed by atoms with Crippen LogP contribution < -0.4 is 0 Å². The van der Waals surface area contributed by atoms with Gasteiger partial charge in [0.05, 0.1) is 6.10 Å². The number of ether oxygens (including phenoxy) is 1. The molecule has 2 heteroatoms. The Morgan fingerprint density at radius 3 is 2.53 bits per heavy atom. The Hall–Kier alpha value is -0.630. The molecule has 0 unspecified atom stereocenters. The topological polar surface area (TPSA) is 26.3 Å². The second-order valence-electron chi connectivity index (χ2n) is 4.53. The van der Waals surface area contributed by atoms with Gasteiger partial charge in [-0.25, -0.2) is 0 Å². The van der Waals surface area contributed by atoms with Crippen LogP contribution >= 0.6 is 0 Å². The van der Waals surface area contributed by atoms with Crippen molar-refractivity contribution < 1.29 is 9.53 Å². The van der Waals surface area contributed by atoms with Crippen LogP contribution in [0.15, 0.2) is 12.2 Å². The van der Waals surface area contributed by atoms with Gasteiger partial charge in [0.25, 0.3) is 0 Å². The molecule has 0 saturated carbocycles. The van der Waals surface area contributed by atoms with Crippen molar-refractivity contribution in [1.29, 1.82) is 0 Å². The van der Waals surface area contributed by atoms with Crippen LogP contribution in [-0.2, 0) is 9.53 Å². The molecule has 88 valence electrons. The van der Waals surface area contributed by atoms with E-state index in [1.54, 1.807) is 0 Å². The van der Waals surface area contributed by atoms with E-state index in [1.807, 2.05) is 19.1 Å². The average molecular weight is 212 g/mol. The lowest BCUT2D eigenvalue weighted by Crippen LogP contribution is -2.31. The van der Waals surface area contributed by atoms with Gasteiger partial charge in [-0.05, 0) is 13.3 Å². The lowest BCUT2D eigenvalue weighted by Gasteiger charge is -2.30. The van der Waals surface area contributed by atoms with Gasteiger partial charge in [-0.3, -0.25) is 0 Å². The number of carbonyl (C=O) groups is 1. The summed E-state index contributed by atoms with van der Waals surface area (Å²) in [6, 6.07) is 0. The van der Waals surface area contributed by atoms with Gasteiger partial charge < -0.3 is 9.53 Å². The average Bonchev–Trinajstić information content (AvgIpc) is 2.16. The number of allylic oxidation sites excluding steroid dienone is 1. The highest BCUT2D eigenvalue weighted by Crippen LogP contribution is 2.27. The van der Waals surface area contributed by atoms with Crippen molar-refractivity contribution in [2.75, 3.05) is 6.61 Å². The molecule has 0 N–H and O–H groups in total. The lowest BCUT2D eigenvalue weighted by molar-refractivity contribution is -0.111. The number of hydrogen-bond acceptors (Lipinski definition) is 2. The van der Waals surface area contributed by atoms with Crippen molar-refractivity contribution in [2.45, 2.75) is 53.1 Å². The zero-order valence-corrected chi connectivity index (χ0v) is 10.5. The van der Waals surface area contributed by atoms with Crippen LogP contribution in [0.1, 0.15) is 47.0 Å². The molecule has 0 aliphatic heterocycles. The second kappa shape index (κ2) is 7.63. The fraction of sp³-hybridized carbons (Fsp3) is 0.769. The molecule has 2 nitrogen and oxygen atoms in total. The predicted molar refractivity (Wildman–Crippen MR) is 63.9 cm³/mol. The van der Waals surface area contributed by atoms with Crippen molar-refractivity contribution in [2.24, 2.45) is 5.41 Å². The van der Waals surface area contributed by atoms with Gasteiger partial charge in [-0.15, -0.1) is 0 Å². The number of rotatable bonds is 8. The molecule has 0 saturated heterocycles. The standard InChI is InChI=1S/C13H24O2/c1-5-7-11-15-12(8-6-2)13(3,4)9-10-14/h6,8,10,12H,5,7,9,11H2,1-4H3/t12-/m0/s1. The van der Waals surface area contributed by atoms with Crippen molar-refractivity contribution >= 4 is 6.29 Å². The number of unbranched alkanes of at least 4 members (excludes halogenated alkanes) is 1. The van der Waals surface area contributed by atoms with E-state index in [-0.39, 0.29) is 11.5 Å². The molecule has 0 aromatic rings. The van der Waals surface area contributed by atoms with Crippen LogP contribution in [0.2, 0.25) is 0 Å². The summed E-state index contributed by atoms with van der Waals surface area (Å²) in [5, 5.41) is 0. The minimum Gasteiger partial charge on any atom is -0.374 e. The fourth-order valence-electron chi connectivity index (χ4n) is 1.40. The lowest BCUT2D eigenvalue weighted by atomic mass is 9.83. The summed E-state index contributed by atoms with van der Waals surface area (Å²) in [7, 11) is 0. The minimum absolute atomic E-state index is 0.0410. The maximum Gasteiger partial charge on any atom is 0.120 e. The highest BCUT2D eigenvalue weighted by Gasteiger charge is 2.27. The molecule has 15 heavy (non-hydrogen) atoms. The molecule has 0 aliphatic carbocycles. The first-order valence-electron chi connectivity index (χ1n) is 5.76. The Kier molecular flexibility index (Phi) is 7.31. The van der Waals surface area contributed by atoms with Gasteiger partial charge in [-0.2, -0.15) is 0 Å². The molecule has 1 atom stereocenters. The molecule has 0 aromatic heterocycles. The van der Waals surface area contributed by atoms with Gasteiger partial charge in [-0.1, -0.05) is 39.3 Å². The number of carbonyl (C=O) groups excluding carboxylic acids is 1. The Morgan fingerprint density at radius 1 is 1.40 bits per heavy atom. The van der Waals surface area contributed by atoms with E-state index in [0.29, 0.717) is 6.42 Å². The highest BCUT2D eigenvalue weighted by molar-refractivity contribution is 5.50. The van der Waals surface area contributed by atoms with E-state index in [2.05, 4.69) is 20.8 Å². The van der Waals surface area contributed by atoms with Gasteiger partial charge in [0.2, 0.25) is 0 Å². The largest absolute Gasteiger partial charge is 0.374 e. The number of hydrogen-bond donors (Lipinski definition) is 0. The van der Waals surface area contributed by atoms with Crippen molar-refractivity contribution in [1.82, 2.24) is 0 Å². The third-order valence-corrected chi connectivity index (χ3v) is 2.54. The minimum atomic E-state index is -0.109. The summed E-state index contributed by atoms with van der Waals surface area (Å²) >= 11 is 0. The van der Waals surface area contributed by atoms with E-state index in [1.165, 1.54) is 0 Å². The summed E-state index contributed by atoms with van der Waals surface area (Å²) < 4.78 is 5.79. The predicted octanol–water partition coefficient (Wildman–Crippen LogP) is 3.36. The maximum absolute atomic E-state index is 10.6. The Bertz CT molecular complexity index is 195. The molecular weight excluding hydrogens is 188 g/mol. The first-order chi connectivity index (χ1) is 7.08. The molecular formula is C13H24O2. The van der Waals surface area contributed by atoms with Crippen LogP contribution in [0, 0.1) is 5.41 Å². The highest BCUT2D eigenvalue weighted by atomic mass is 16.5. The van der Waals surface area contributed by atoms with Crippen molar-refractivity contribution in [3.8, 4) is 0 Å². The zero-order valence-electron chi connectivity index (χ0n) is 10.5. The Labute approximate surface area is 93.7 Å². The van der Waals surface area contributed by atoms with Crippen molar-refractivity contribution in [3.63, 3.8) is 0 Å². The molecule has 0 amide bonds. The SMILES string of the molecule is CC=C[C@H](OCCCC)C(C)(C)CC=O. The molecule has 0 rings (SSSR count). The third-order valence-electron chi connectivity index (χ3n) is 2.54. The van der Waals surface area contributed by atoms with Crippen LogP contribution in [0.4, 0.5) is 0 Å². The van der Waals surface area contributed by atoms with Crippen LogP contribution in [0.3, 0.4) is 0 Å². The summed E-state index contributed by atoms with van der Waals surface area (Å²) in [5.74, 6) is 0. The third kappa shape index (κ3) is 5.73. The molecule has 0 heterocycles. The van der Waals surface area contributed by atoms with E-state index < -0.39 is 0 Å². The van der Waals surface area contributed by atoms with Gasteiger partial charge in [0, 0.05) is 18.4 Å².